The van der Waals surface area contributed by atoms with E-state index in [2.05, 4.69) is 30.6 Å². The quantitative estimate of drug-likeness (QED) is 0.182. The summed E-state index contributed by atoms with van der Waals surface area (Å²) in [4.78, 5) is 18.1. The number of rotatable bonds is 14. The van der Waals surface area contributed by atoms with Gasteiger partial charge in [-0.3, -0.25) is 0 Å². The third-order valence-electron chi connectivity index (χ3n) is 5.65. The lowest BCUT2D eigenvalue weighted by Gasteiger charge is -2.16. The van der Waals surface area contributed by atoms with Gasteiger partial charge >= 0.3 is 12.0 Å². The molecule has 2 aromatic carbocycles. The molecule has 2 atom stereocenters. The van der Waals surface area contributed by atoms with Gasteiger partial charge in [0.25, 0.3) is 0 Å². The van der Waals surface area contributed by atoms with Gasteiger partial charge in [0, 0.05) is 13.1 Å². The first-order valence-electron chi connectivity index (χ1n) is 12.8. The molecule has 0 amide bonds. The van der Waals surface area contributed by atoms with Crippen LogP contribution in [0.3, 0.4) is 0 Å². The second-order valence-electron chi connectivity index (χ2n) is 9.13. The number of ether oxygens (including phenoxy) is 4. The monoisotopic (exact) mass is 550 g/mol. The van der Waals surface area contributed by atoms with Crippen LogP contribution in [-0.4, -0.2) is 69.8 Å². The van der Waals surface area contributed by atoms with Crippen LogP contribution in [-0.2, 0) is 13.1 Å². The molecule has 40 heavy (non-hydrogen) atoms. The first-order chi connectivity index (χ1) is 19.3. The first-order valence-corrected chi connectivity index (χ1v) is 12.8. The molecule has 0 saturated heterocycles. The average molecular weight is 551 g/mol. The number of hydrogen-bond donors (Lipinski definition) is 4. The predicted octanol–water partition coefficient (Wildman–Crippen LogP) is 3.18. The number of benzene rings is 2. The van der Waals surface area contributed by atoms with Crippen LogP contribution in [0.5, 0.6) is 23.5 Å². The summed E-state index contributed by atoms with van der Waals surface area (Å²) in [5.74, 6) is 2.28. The van der Waals surface area contributed by atoms with Crippen molar-refractivity contribution in [3.8, 4) is 23.5 Å². The number of aliphatic hydroxyl groups is 2. The molecule has 12 heteroatoms. The van der Waals surface area contributed by atoms with E-state index in [4.69, 9.17) is 18.9 Å². The van der Waals surface area contributed by atoms with Crippen molar-refractivity contribution in [1.29, 1.82) is 0 Å². The van der Waals surface area contributed by atoms with Gasteiger partial charge in [0.1, 0.15) is 35.7 Å². The van der Waals surface area contributed by atoms with Gasteiger partial charge in [0.2, 0.25) is 0 Å². The zero-order valence-corrected chi connectivity index (χ0v) is 22.9. The lowest BCUT2D eigenvalue weighted by molar-refractivity contribution is 0.116. The molecule has 4 rings (SSSR count). The van der Waals surface area contributed by atoms with Gasteiger partial charge in [0.05, 0.1) is 26.4 Å². The number of fused-ring (bicyclic) bond motifs is 1. The van der Waals surface area contributed by atoms with E-state index in [1.807, 2.05) is 48.5 Å². The van der Waals surface area contributed by atoms with E-state index in [9.17, 15) is 10.2 Å². The molecule has 0 aliphatic heterocycles. The molecule has 2 aromatic heterocycles. The van der Waals surface area contributed by atoms with Crippen molar-refractivity contribution in [2.75, 3.05) is 38.1 Å². The summed E-state index contributed by atoms with van der Waals surface area (Å²) in [5, 5.41) is 26.1. The second kappa shape index (κ2) is 13.6. The molecule has 212 valence electrons. The summed E-state index contributed by atoms with van der Waals surface area (Å²) in [6, 6.07) is 15.4. The Bertz CT molecular complexity index is 1280. The van der Waals surface area contributed by atoms with Gasteiger partial charge < -0.3 is 39.8 Å². The molecule has 0 aliphatic carbocycles. The van der Waals surface area contributed by atoms with Gasteiger partial charge in [-0.2, -0.15) is 19.9 Å². The summed E-state index contributed by atoms with van der Waals surface area (Å²) < 4.78 is 21.8. The second-order valence-corrected chi connectivity index (χ2v) is 9.13. The van der Waals surface area contributed by atoms with Crippen molar-refractivity contribution in [2.24, 2.45) is 0 Å². The highest BCUT2D eigenvalue weighted by molar-refractivity contribution is 5.93. The fourth-order valence-corrected chi connectivity index (χ4v) is 3.60. The Morgan fingerprint density at radius 2 is 1.00 bits per heavy atom. The molecule has 0 radical (unpaired) electrons. The highest BCUT2D eigenvalue weighted by Crippen LogP contribution is 2.29. The number of aliphatic hydroxyl groups excluding tert-OH is 2. The molecular weight excluding hydrogens is 516 g/mol. The summed E-state index contributed by atoms with van der Waals surface area (Å²) in [6.07, 6.45) is -1.43. The maximum Gasteiger partial charge on any atom is 0.319 e. The Balaban J connectivity index is 1.72. The van der Waals surface area contributed by atoms with E-state index < -0.39 is 12.2 Å². The van der Waals surface area contributed by atoms with Crippen LogP contribution in [0.4, 0.5) is 11.6 Å². The third kappa shape index (κ3) is 7.80. The Hall–Kier alpha value is -4.42. The normalized spacial score (nSPS) is 12.4. The first kappa shape index (κ1) is 28.6. The minimum absolute atomic E-state index is 0.00841. The van der Waals surface area contributed by atoms with E-state index >= 15 is 0 Å². The predicted molar refractivity (Wildman–Crippen MR) is 150 cm³/mol. The minimum atomic E-state index is -0.713. The summed E-state index contributed by atoms with van der Waals surface area (Å²) in [7, 11) is 3.23. The molecule has 0 spiro atoms. The number of nitrogens with one attached hydrogen (secondary N) is 2. The minimum Gasteiger partial charge on any atom is -0.497 e. The van der Waals surface area contributed by atoms with Gasteiger partial charge in [0.15, 0.2) is 11.6 Å². The van der Waals surface area contributed by atoms with E-state index in [1.165, 1.54) is 0 Å². The van der Waals surface area contributed by atoms with Crippen molar-refractivity contribution in [2.45, 2.75) is 39.1 Å². The summed E-state index contributed by atoms with van der Waals surface area (Å²) in [6.45, 7) is 4.09. The molecule has 2 heterocycles. The van der Waals surface area contributed by atoms with Crippen LogP contribution in [0.1, 0.15) is 25.0 Å². The van der Waals surface area contributed by atoms with Crippen LogP contribution in [0.15, 0.2) is 48.5 Å². The fraction of sp³-hybridized carbons (Fsp3) is 0.357. The summed E-state index contributed by atoms with van der Waals surface area (Å²) in [5.41, 5.74) is 2.75. The average Bonchev–Trinajstić information content (AvgIpc) is 2.97. The van der Waals surface area contributed by atoms with Gasteiger partial charge in [-0.05, 0) is 49.2 Å². The van der Waals surface area contributed by atoms with E-state index in [1.54, 1.807) is 28.1 Å². The standard InChI is InChI=1S/C28H34N6O6/c1-17(35)15-39-27-31-23-24(25(33-27)29-13-19-5-9-21(37-3)10-6-19)32-28(40-16-18(2)36)34-26(23)30-14-20-7-11-22(38-4)12-8-20/h5-12,17-18,35-36H,13-16H2,1-4H3,(H,29,31,33)(H,30,32,34)/t17-,18+. The molecule has 4 aromatic rings. The van der Waals surface area contributed by atoms with Crippen LogP contribution in [0.2, 0.25) is 0 Å². The Morgan fingerprint density at radius 1 is 0.625 bits per heavy atom. The van der Waals surface area contributed by atoms with Crippen molar-refractivity contribution in [3.05, 3.63) is 59.7 Å². The lowest BCUT2D eigenvalue weighted by atomic mass is 10.2. The highest BCUT2D eigenvalue weighted by atomic mass is 16.5. The molecular formula is C28H34N6O6. The van der Waals surface area contributed by atoms with Crippen molar-refractivity contribution in [3.63, 3.8) is 0 Å². The third-order valence-corrected chi connectivity index (χ3v) is 5.65. The Kier molecular flexibility index (Phi) is 9.71. The lowest BCUT2D eigenvalue weighted by Crippen LogP contribution is -2.17. The molecule has 0 aliphatic rings. The Labute approximate surface area is 232 Å². The molecule has 0 saturated carbocycles. The van der Waals surface area contributed by atoms with E-state index in [-0.39, 0.29) is 25.2 Å². The Morgan fingerprint density at radius 3 is 1.32 bits per heavy atom. The molecule has 12 nitrogen and oxygen atoms in total. The van der Waals surface area contributed by atoms with Crippen LogP contribution in [0.25, 0.3) is 11.0 Å². The zero-order valence-electron chi connectivity index (χ0n) is 22.9. The zero-order chi connectivity index (χ0) is 28.5. The number of methoxy groups -OCH3 is 2. The maximum absolute atomic E-state index is 9.74. The fourth-order valence-electron chi connectivity index (χ4n) is 3.60. The van der Waals surface area contributed by atoms with Crippen molar-refractivity contribution >= 4 is 22.7 Å². The number of anilines is 2. The smallest absolute Gasteiger partial charge is 0.319 e. The maximum atomic E-state index is 9.74. The summed E-state index contributed by atoms with van der Waals surface area (Å²) >= 11 is 0. The van der Waals surface area contributed by atoms with Gasteiger partial charge in [-0.25, -0.2) is 0 Å². The van der Waals surface area contributed by atoms with Crippen LogP contribution < -0.4 is 29.6 Å². The number of nitrogens with zero attached hydrogens (tertiary/aromatic N) is 4. The van der Waals surface area contributed by atoms with Crippen molar-refractivity contribution < 1.29 is 29.2 Å². The van der Waals surface area contributed by atoms with E-state index in [0.717, 1.165) is 22.6 Å². The largest absolute Gasteiger partial charge is 0.497 e. The van der Waals surface area contributed by atoms with Gasteiger partial charge in [-0.1, -0.05) is 24.3 Å². The molecule has 0 bridgehead atoms. The topological polar surface area (TPSA) is 153 Å². The molecule has 4 N–H and O–H groups in total. The number of aromatic nitrogens is 4. The molecule has 0 unspecified atom stereocenters. The molecule has 0 fully saturated rings. The van der Waals surface area contributed by atoms with Crippen LogP contribution >= 0.6 is 0 Å². The van der Waals surface area contributed by atoms with Crippen LogP contribution in [0, 0.1) is 0 Å². The van der Waals surface area contributed by atoms with E-state index in [0.29, 0.717) is 35.8 Å². The highest BCUT2D eigenvalue weighted by Gasteiger charge is 2.18. The van der Waals surface area contributed by atoms with Gasteiger partial charge in [-0.15, -0.1) is 0 Å². The van der Waals surface area contributed by atoms with Crippen molar-refractivity contribution in [1.82, 2.24) is 19.9 Å². The SMILES string of the molecule is COc1ccc(CNc2nc(OC[C@@H](C)O)nc3c(NCc4ccc(OC)cc4)nc(OC[C@H](C)O)nc23)cc1. The number of hydrogen-bond acceptors (Lipinski definition) is 12.